The van der Waals surface area contributed by atoms with Gasteiger partial charge in [0.15, 0.2) is 0 Å². The molecule has 0 radical (unpaired) electrons. The molecule has 1 fully saturated rings. The standard InChI is InChI=1S/C46H38S/c1-3-15-32(16-4-1)42-30-43(47-46(42)33-18-5-2-6-19-33)34-21-13-22-35(29-34)44-38-24-9-11-26-40(38)45(41-27-12-10-25-39(41)44)37-28-14-20-31-17-7-8-23-36(31)37/h1-5,7-15,17-18,20-29,32,42-43,46H,6,16,19,30H2. The van der Waals surface area contributed by atoms with Gasteiger partial charge in [-0.05, 0) is 104 Å². The molecule has 1 saturated heterocycles. The Kier molecular flexibility index (Phi) is 7.44. The first-order chi connectivity index (χ1) is 23.3. The quantitative estimate of drug-likeness (QED) is 0.172. The average Bonchev–Trinajstić information content (AvgIpc) is 3.60. The Morgan fingerprint density at radius 2 is 1.30 bits per heavy atom. The van der Waals surface area contributed by atoms with E-state index < -0.39 is 0 Å². The topological polar surface area (TPSA) is 0 Å². The largest absolute Gasteiger partial charge is 0.146 e. The van der Waals surface area contributed by atoms with E-state index in [4.69, 9.17) is 0 Å². The highest BCUT2D eigenvalue weighted by atomic mass is 32.2. The lowest BCUT2D eigenvalue weighted by atomic mass is 9.78. The minimum atomic E-state index is 0.489. The highest BCUT2D eigenvalue weighted by Gasteiger charge is 2.41. The van der Waals surface area contributed by atoms with Crippen molar-refractivity contribution in [3.63, 3.8) is 0 Å². The van der Waals surface area contributed by atoms with Gasteiger partial charge in [0.25, 0.3) is 0 Å². The van der Waals surface area contributed by atoms with E-state index in [-0.39, 0.29) is 0 Å². The molecule has 1 heterocycles. The average molecular weight is 623 g/mol. The summed E-state index contributed by atoms with van der Waals surface area (Å²) in [4.78, 5) is 0. The summed E-state index contributed by atoms with van der Waals surface area (Å²) in [6.45, 7) is 0. The maximum absolute atomic E-state index is 2.52. The molecule has 0 saturated carbocycles. The summed E-state index contributed by atoms with van der Waals surface area (Å²) in [7, 11) is 0. The van der Waals surface area contributed by atoms with Crippen LogP contribution in [0.15, 0.2) is 163 Å². The summed E-state index contributed by atoms with van der Waals surface area (Å²) >= 11 is 2.22. The third-order valence-corrected chi connectivity index (χ3v) is 12.4. The van der Waals surface area contributed by atoms with Crippen molar-refractivity contribution in [3.05, 3.63) is 169 Å². The van der Waals surface area contributed by atoms with E-state index >= 15 is 0 Å². The van der Waals surface area contributed by atoms with E-state index in [1.165, 1.54) is 79.4 Å². The number of rotatable bonds is 5. The summed E-state index contributed by atoms with van der Waals surface area (Å²) in [6, 6.07) is 43.2. The van der Waals surface area contributed by atoms with Crippen LogP contribution < -0.4 is 0 Å². The van der Waals surface area contributed by atoms with Crippen molar-refractivity contribution in [1.82, 2.24) is 0 Å². The Labute approximate surface area is 282 Å². The molecule has 0 N–H and O–H groups in total. The van der Waals surface area contributed by atoms with Gasteiger partial charge >= 0.3 is 0 Å². The van der Waals surface area contributed by atoms with Crippen LogP contribution in [-0.4, -0.2) is 5.25 Å². The van der Waals surface area contributed by atoms with Gasteiger partial charge in [-0.15, -0.1) is 11.8 Å². The van der Waals surface area contributed by atoms with Crippen molar-refractivity contribution in [2.24, 2.45) is 11.8 Å². The summed E-state index contributed by atoms with van der Waals surface area (Å²) < 4.78 is 0. The van der Waals surface area contributed by atoms with Gasteiger partial charge in [0, 0.05) is 10.5 Å². The molecule has 228 valence electrons. The van der Waals surface area contributed by atoms with E-state index in [9.17, 15) is 0 Å². The summed E-state index contributed by atoms with van der Waals surface area (Å²) in [5.41, 5.74) is 8.40. The van der Waals surface area contributed by atoms with Crippen LogP contribution in [0.5, 0.6) is 0 Å². The lowest BCUT2D eigenvalue weighted by Crippen LogP contribution is -2.23. The molecule has 0 aromatic heterocycles. The predicted molar refractivity (Wildman–Crippen MR) is 205 cm³/mol. The fourth-order valence-corrected chi connectivity index (χ4v) is 10.4. The Balaban J connectivity index is 1.19. The Morgan fingerprint density at radius 1 is 0.596 bits per heavy atom. The molecule has 9 rings (SSSR count). The van der Waals surface area contributed by atoms with Crippen LogP contribution in [0.25, 0.3) is 54.6 Å². The van der Waals surface area contributed by atoms with Crippen LogP contribution in [0.4, 0.5) is 0 Å². The number of fused-ring (bicyclic) bond motifs is 3. The molecule has 4 atom stereocenters. The molecule has 0 amide bonds. The molecule has 4 unspecified atom stereocenters. The van der Waals surface area contributed by atoms with Crippen molar-refractivity contribution in [3.8, 4) is 22.3 Å². The summed E-state index contributed by atoms with van der Waals surface area (Å²) in [5.74, 6) is 1.28. The molecule has 47 heavy (non-hydrogen) atoms. The van der Waals surface area contributed by atoms with Crippen molar-refractivity contribution in [2.75, 3.05) is 0 Å². The highest BCUT2D eigenvalue weighted by Crippen LogP contribution is 2.55. The molecule has 0 bridgehead atoms. The van der Waals surface area contributed by atoms with Gasteiger partial charge in [-0.25, -0.2) is 0 Å². The fourth-order valence-electron chi connectivity index (χ4n) is 8.52. The second-order valence-corrected chi connectivity index (χ2v) is 14.7. The number of allylic oxidation sites excluding steroid dienone is 7. The van der Waals surface area contributed by atoms with Crippen LogP contribution in [0.1, 0.15) is 36.5 Å². The molecular weight excluding hydrogens is 585 g/mol. The minimum absolute atomic E-state index is 0.489. The van der Waals surface area contributed by atoms with Crippen molar-refractivity contribution < 1.29 is 0 Å². The monoisotopic (exact) mass is 622 g/mol. The Bertz CT molecular complexity index is 2200. The zero-order valence-electron chi connectivity index (χ0n) is 26.6. The van der Waals surface area contributed by atoms with E-state index in [1.54, 1.807) is 5.57 Å². The first-order valence-corrected chi connectivity index (χ1v) is 18.1. The molecule has 1 aliphatic heterocycles. The van der Waals surface area contributed by atoms with Crippen molar-refractivity contribution in [2.45, 2.75) is 36.2 Å². The van der Waals surface area contributed by atoms with E-state index in [2.05, 4.69) is 170 Å². The van der Waals surface area contributed by atoms with Gasteiger partial charge in [-0.3, -0.25) is 0 Å². The molecule has 0 spiro atoms. The third-order valence-electron chi connectivity index (χ3n) is 10.7. The first-order valence-electron chi connectivity index (χ1n) is 17.2. The van der Waals surface area contributed by atoms with E-state index in [0.29, 0.717) is 22.3 Å². The molecule has 6 aromatic carbocycles. The van der Waals surface area contributed by atoms with Gasteiger partial charge in [0.1, 0.15) is 0 Å². The smallest absolute Gasteiger partial charge is 0.0307 e. The number of thioether (sulfide) groups is 1. The van der Waals surface area contributed by atoms with Crippen LogP contribution in [0.2, 0.25) is 0 Å². The maximum Gasteiger partial charge on any atom is 0.0307 e. The second-order valence-electron chi connectivity index (χ2n) is 13.4. The number of hydrogen-bond donors (Lipinski definition) is 0. The SMILES string of the molecule is C1=CCCC(C2SC(c3cccc(-c4c5ccccc5c(-c5cccc6ccccc56)c5ccccc45)c3)CC2C2C=CC=CC2)=C1. The number of hydrogen-bond acceptors (Lipinski definition) is 1. The minimum Gasteiger partial charge on any atom is -0.146 e. The van der Waals surface area contributed by atoms with Gasteiger partial charge in [-0.2, -0.15) is 0 Å². The molecule has 2 aliphatic carbocycles. The number of benzene rings is 6. The lowest BCUT2D eigenvalue weighted by molar-refractivity contribution is 0.387. The van der Waals surface area contributed by atoms with Gasteiger partial charge in [0.05, 0.1) is 0 Å². The van der Waals surface area contributed by atoms with Crippen LogP contribution in [-0.2, 0) is 0 Å². The second kappa shape index (κ2) is 12.2. The molecule has 0 nitrogen and oxygen atoms in total. The summed E-state index contributed by atoms with van der Waals surface area (Å²) in [6.07, 6.45) is 21.1. The Morgan fingerprint density at radius 3 is 2.02 bits per heavy atom. The molecular formula is C46H38S. The van der Waals surface area contributed by atoms with Crippen LogP contribution in [0, 0.1) is 11.8 Å². The zero-order chi connectivity index (χ0) is 31.2. The summed E-state index contributed by atoms with van der Waals surface area (Å²) in [5, 5.41) is 8.91. The molecule has 1 heteroatoms. The van der Waals surface area contributed by atoms with E-state index in [0.717, 1.165) is 6.42 Å². The third kappa shape index (κ3) is 5.09. The van der Waals surface area contributed by atoms with Crippen LogP contribution in [0.3, 0.4) is 0 Å². The van der Waals surface area contributed by atoms with Crippen molar-refractivity contribution in [1.29, 1.82) is 0 Å². The van der Waals surface area contributed by atoms with E-state index in [1.807, 2.05) is 0 Å². The molecule has 3 aliphatic rings. The normalized spacial score (nSPS) is 22.3. The highest BCUT2D eigenvalue weighted by molar-refractivity contribution is 8.00. The zero-order valence-corrected chi connectivity index (χ0v) is 27.4. The fraction of sp³-hybridized carbons (Fsp3) is 0.174. The van der Waals surface area contributed by atoms with Gasteiger partial charge in [0.2, 0.25) is 0 Å². The lowest BCUT2D eigenvalue weighted by Gasteiger charge is -2.28. The first kappa shape index (κ1) is 28.6. The predicted octanol–water partition coefficient (Wildman–Crippen LogP) is 13.1. The maximum atomic E-state index is 2.52. The van der Waals surface area contributed by atoms with Crippen molar-refractivity contribution >= 4 is 44.1 Å². The molecule has 6 aromatic rings. The van der Waals surface area contributed by atoms with Gasteiger partial charge < -0.3 is 0 Å². The van der Waals surface area contributed by atoms with Gasteiger partial charge in [-0.1, -0.05) is 157 Å². The Hall–Kier alpha value is -4.59. The van der Waals surface area contributed by atoms with Crippen LogP contribution >= 0.6 is 11.8 Å².